The van der Waals surface area contributed by atoms with Gasteiger partial charge in [-0.15, -0.1) is 0 Å². The minimum Gasteiger partial charge on any atom is -0.381 e. The van der Waals surface area contributed by atoms with Gasteiger partial charge in [-0.25, -0.2) is 0 Å². The quantitative estimate of drug-likeness (QED) is 0.884. The van der Waals surface area contributed by atoms with Crippen LogP contribution in [-0.4, -0.2) is 43.0 Å². The highest BCUT2D eigenvalue weighted by molar-refractivity contribution is 5.98. The lowest BCUT2D eigenvalue weighted by molar-refractivity contribution is -0.116. The average molecular weight is 370 g/mol. The van der Waals surface area contributed by atoms with Gasteiger partial charge in [0.15, 0.2) is 0 Å². The number of carbonyl (C=O) groups is 2. The normalized spacial score (nSPS) is 29.1. The smallest absolute Gasteiger partial charge is 0.253 e. The van der Waals surface area contributed by atoms with Crippen molar-refractivity contribution in [2.75, 3.05) is 31.6 Å². The zero-order valence-corrected chi connectivity index (χ0v) is 16.5. The lowest BCUT2D eigenvalue weighted by atomic mass is 9.91. The number of fused-ring (bicyclic) bond motifs is 3. The summed E-state index contributed by atoms with van der Waals surface area (Å²) in [4.78, 5) is 27.2. The Morgan fingerprint density at radius 3 is 2.78 bits per heavy atom. The molecule has 0 unspecified atom stereocenters. The van der Waals surface area contributed by atoms with Crippen molar-refractivity contribution in [3.05, 3.63) is 29.3 Å². The van der Waals surface area contributed by atoms with Gasteiger partial charge in [0.05, 0.1) is 6.61 Å². The van der Waals surface area contributed by atoms with E-state index in [1.165, 1.54) is 6.42 Å². The molecule has 3 fully saturated rings. The van der Waals surface area contributed by atoms with Gasteiger partial charge in [-0.2, -0.15) is 0 Å². The first-order valence-electron chi connectivity index (χ1n) is 10.2. The molecular weight excluding hydrogens is 340 g/mol. The summed E-state index contributed by atoms with van der Waals surface area (Å²) < 4.78 is 5.65. The molecule has 27 heavy (non-hydrogen) atoms. The molecule has 2 aliphatic heterocycles. The first-order chi connectivity index (χ1) is 12.9. The molecule has 1 aliphatic carbocycles. The van der Waals surface area contributed by atoms with Crippen molar-refractivity contribution in [3.63, 3.8) is 0 Å². The molecule has 1 saturated carbocycles. The van der Waals surface area contributed by atoms with Crippen molar-refractivity contribution in [2.45, 2.75) is 33.6 Å². The molecule has 1 N–H and O–H groups in total. The van der Waals surface area contributed by atoms with E-state index in [-0.39, 0.29) is 11.8 Å². The molecule has 3 aliphatic rings. The number of benzene rings is 1. The molecule has 1 aromatic rings. The van der Waals surface area contributed by atoms with Crippen LogP contribution in [0.1, 0.15) is 42.6 Å². The van der Waals surface area contributed by atoms with Crippen molar-refractivity contribution in [3.8, 4) is 0 Å². The minimum atomic E-state index is 0.000628. The fourth-order valence-corrected chi connectivity index (χ4v) is 5.16. The van der Waals surface area contributed by atoms with Crippen LogP contribution in [0.4, 0.5) is 5.69 Å². The molecule has 0 aromatic heterocycles. The number of hydrogen-bond acceptors (Lipinski definition) is 3. The van der Waals surface area contributed by atoms with Crippen LogP contribution >= 0.6 is 0 Å². The van der Waals surface area contributed by atoms with E-state index in [2.05, 4.69) is 5.32 Å². The highest BCUT2D eigenvalue weighted by Crippen LogP contribution is 2.48. The Labute approximate surface area is 161 Å². The topological polar surface area (TPSA) is 58.6 Å². The van der Waals surface area contributed by atoms with Crippen molar-refractivity contribution >= 4 is 17.5 Å². The largest absolute Gasteiger partial charge is 0.381 e. The van der Waals surface area contributed by atoms with E-state index in [0.29, 0.717) is 41.6 Å². The van der Waals surface area contributed by atoms with E-state index in [9.17, 15) is 9.59 Å². The van der Waals surface area contributed by atoms with Gasteiger partial charge in [0.25, 0.3) is 5.91 Å². The first kappa shape index (κ1) is 18.5. The van der Waals surface area contributed by atoms with E-state index >= 15 is 0 Å². The van der Waals surface area contributed by atoms with Crippen molar-refractivity contribution in [1.29, 1.82) is 0 Å². The van der Waals surface area contributed by atoms with Gasteiger partial charge < -0.3 is 15.0 Å². The first-order valence-corrected chi connectivity index (χ1v) is 10.2. The number of nitrogens with one attached hydrogen (secondary N) is 1. The molecular formula is C22H30N2O3. The monoisotopic (exact) mass is 370 g/mol. The Morgan fingerprint density at radius 2 is 2.00 bits per heavy atom. The standard InChI is InChI=1S/C22H30N2O3/c1-13(2)6-21(25)23-20-8-15(5-4-14(20)3)22(26)24-9-16-7-17-11-27-12-19(17)18(16)10-24/h4-5,8,13,16-19H,6-7,9-12H2,1-3H3,(H,23,25)/t16-,17+,18+,19-/m0/s1. The third-order valence-corrected chi connectivity index (χ3v) is 6.53. The summed E-state index contributed by atoms with van der Waals surface area (Å²) in [5.74, 6) is 2.96. The fraction of sp³-hybridized carbons (Fsp3) is 0.636. The Bertz CT molecular complexity index is 745. The second-order valence-electron chi connectivity index (χ2n) is 9.01. The number of likely N-dealkylation sites (tertiary alicyclic amines) is 1. The maximum atomic E-state index is 13.1. The maximum Gasteiger partial charge on any atom is 0.253 e. The van der Waals surface area contributed by atoms with Crippen LogP contribution in [-0.2, 0) is 9.53 Å². The van der Waals surface area contributed by atoms with Crippen LogP contribution < -0.4 is 5.32 Å². The molecule has 2 heterocycles. The molecule has 2 amide bonds. The van der Waals surface area contributed by atoms with Crippen LogP contribution in [0.15, 0.2) is 18.2 Å². The Hall–Kier alpha value is -1.88. The van der Waals surface area contributed by atoms with Crippen molar-refractivity contribution in [2.24, 2.45) is 29.6 Å². The molecule has 0 radical (unpaired) electrons. The van der Waals surface area contributed by atoms with Crippen LogP contribution in [0.2, 0.25) is 0 Å². The van der Waals surface area contributed by atoms with E-state index < -0.39 is 0 Å². The molecule has 4 rings (SSSR count). The fourth-order valence-electron chi connectivity index (χ4n) is 5.16. The molecule has 2 saturated heterocycles. The van der Waals surface area contributed by atoms with Gasteiger partial charge in [-0.3, -0.25) is 9.59 Å². The molecule has 5 heteroatoms. The summed E-state index contributed by atoms with van der Waals surface area (Å²) in [6.07, 6.45) is 1.68. The zero-order chi connectivity index (χ0) is 19.1. The number of aryl methyl sites for hydroxylation is 1. The van der Waals surface area contributed by atoms with Crippen LogP contribution in [0.3, 0.4) is 0 Å². The Kier molecular flexibility index (Phi) is 4.97. The van der Waals surface area contributed by atoms with Crippen LogP contribution in [0.25, 0.3) is 0 Å². The molecule has 4 atom stereocenters. The second-order valence-corrected chi connectivity index (χ2v) is 9.01. The number of anilines is 1. The molecule has 0 spiro atoms. The summed E-state index contributed by atoms with van der Waals surface area (Å²) in [6.45, 7) is 9.48. The summed E-state index contributed by atoms with van der Waals surface area (Å²) in [5, 5.41) is 2.97. The predicted molar refractivity (Wildman–Crippen MR) is 105 cm³/mol. The maximum absolute atomic E-state index is 13.1. The van der Waals surface area contributed by atoms with E-state index in [0.717, 1.165) is 37.6 Å². The van der Waals surface area contributed by atoms with Crippen LogP contribution in [0.5, 0.6) is 0 Å². The zero-order valence-electron chi connectivity index (χ0n) is 16.5. The summed E-state index contributed by atoms with van der Waals surface area (Å²) in [7, 11) is 0. The van der Waals surface area contributed by atoms with Gasteiger partial charge in [0, 0.05) is 37.4 Å². The highest BCUT2D eigenvalue weighted by Gasteiger charge is 2.50. The van der Waals surface area contributed by atoms with Crippen molar-refractivity contribution < 1.29 is 14.3 Å². The Morgan fingerprint density at radius 1 is 1.19 bits per heavy atom. The number of carbonyl (C=O) groups excluding carboxylic acids is 2. The second kappa shape index (κ2) is 7.27. The van der Waals surface area contributed by atoms with E-state index in [1.54, 1.807) is 0 Å². The molecule has 0 bridgehead atoms. The number of amides is 2. The van der Waals surface area contributed by atoms with Gasteiger partial charge in [-0.05, 0) is 60.6 Å². The molecule has 1 aromatic carbocycles. The van der Waals surface area contributed by atoms with Crippen molar-refractivity contribution in [1.82, 2.24) is 4.90 Å². The number of ether oxygens (including phenoxy) is 1. The highest BCUT2D eigenvalue weighted by atomic mass is 16.5. The van der Waals surface area contributed by atoms with Gasteiger partial charge >= 0.3 is 0 Å². The number of rotatable bonds is 4. The predicted octanol–water partition coefficient (Wildman–Crippen LogP) is 3.33. The SMILES string of the molecule is Cc1ccc(C(=O)N2C[C@@H]3C[C@@H]4COC[C@@H]4[C@@H]3C2)cc1NC(=O)CC(C)C. The lowest BCUT2D eigenvalue weighted by Crippen LogP contribution is -2.31. The lowest BCUT2D eigenvalue weighted by Gasteiger charge is -2.21. The Balaban J connectivity index is 1.45. The molecule has 146 valence electrons. The summed E-state index contributed by atoms with van der Waals surface area (Å²) >= 11 is 0. The summed E-state index contributed by atoms with van der Waals surface area (Å²) in [5.41, 5.74) is 2.39. The van der Waals surface area contributed by atoms with Crippen LogP contribution in [0, 0.1) is 36.5 Å². The van der Waals surface area contributed by atoms with Gasteiger partial charge in [0.2, 0.25) is 5.91 Å². The third-order valence-electron chi connectivity index (χ3n) is 6.53. The van der Waals surface area contributed by atoms with E-state index in [1.807, 2.05) is 43.9 Å². The minimum absolute atomic E-state index is 0.000628. The third kappa shape index (κ3) is 3.62. The molecule has 5 nitrogen and oxygen atoms in total. The summed E-state index contributed by atoms with van der Waals surface area (Å²) in [6, 6.07) is 5.65. The van der Waals surface area contributed by atoms with Gasteiger partial charge in [-0.1, -0.05) is 19.9 Å². The van der Waals surface area contributed by atoms with Gasteiger partial charge in [0.1, 0.15) is 0 Å². The number of nitrogens with zero attached hydrogens (tertiary/aromatic N) is 1. The average Bonchev–Trinajstić information content (AvgIpc) is 3.27. The van der Waals surface area contributed by atoms with E-state index in [4.69, 9.17) is 4.74 Å². The number of hydrogen-bond donors (Lipinski definition) is 1.